The van der Waals surface area contributed by atoms with E-state index in [4.69, 9.17) is 17.3 Å². The SMILES string of the molecule is CCCC(CN)Cc1c(Cl)c(C)nn1C. The van der Waals surface area contributed by atoms with Gasteiger partial charge in [-0.2, -0.15) is 5.10 Å². The number of aromatic nitrogens is 2. The summed E-state index contributed by atoms with van der Waals surface area (Å²) in [6.45, 7) is 4.83. The first-order valence-electron chi connectivity index (χ1n) is 5.48. The van der Waals surface area contributed by atoms with E-state index in [0.29, 0.717) is 12.5 Å². The lowest BCUT2D eigenvalue weighted by atomic mass is 9.98. The highest BCUT2D eigenvalue weighted by Gasteiger charge is 2.15. The Hall–Kier alpha value is -0.540. The van der Waals surface area contributed by atoms with Gasteiger partial charge in [-0.25, -0.2) is 0 Å². The summed E-state index contributed by atoms with van der Waals surface area (Å²) in [5, 5.41) is 5.10. The van der Waals surface area contributed by atoms with Gasteiger partial charge in [-0.05, 0) is 32.2 Å². The number of halogens is 1. The molecule has 1 unspecified atom stereocenters. The van der Waals surface area contributed by atoms with E-state index in [9.17, 15) is 0 Å². The van der Waals surface area contributed by atoms with Crippen LogP contribution in [0.5, 0.6) is 0 Å². The second-order valence-electron chi connectivity index (χ2n) is 4.06. The molecule has 86 valence electrons. The maximum absolute atomic E-state index is 6.19. The molecule has 4 heteroatoms. The van der Waals surface area contributed by atoms with Crippen molar-refractivity contribution in [3.63, 3.8) is 0 Å². The quantitative estimate of drug-likeness (QED) is 0.842. The van der Waals surface area contributed by atoms with Crippen LogP contribution in [0.25, 0.3) is 0 Å². The van der Waals surface area contributed by atoms with Gasteiger partial charge in [0.1, 0.15) is 0 Å². The molecule has 0 aliphatic heterocycles. The smallest absolute Gasteiger partial charge is 0.0847 e. The number of nitrogens with zero attached hydrogens (tertiary/aromatic N) is 2. The molecular formula is C11H20ClN3. The zero-order valence-corrected chi connectivity index (χ0v) is 10.5. The Kier molecular flexibility index (Phi) is 4.61. The van der Waals surface area contributed by atoms with E-state index in [1.165, 1.54) is 0 Å². The maximum atomic E-state index is 6.19. The van der Waals surface area contributed by atoms with E-state index < -0.39 is 0 Å². The Morgan fingerprint density at radius 1 is 1.53 bits per heavy atom. The Labute approximate surface area is 96.6 Å². The zero-order valence-electron chi connectivity index (χ0n) is 9.76. The van der Waals surface area contributed by atoms with Gasteiger partial charge in [-0.15, -0.1) is 0 Å². The molecule has 1 aromatic heterocycles. The van der Waals surface area contributed by atoms with Crippen LogP contribution < -0.4 is 5.73 Å². The van der Waals surface area contributed by atoms with Gasteiger partial charge in [0, 0.05) is 7.05 Å². The van der Waals surface area contributed by atoms with E-state index in [1.54, 1.807) is 0 Å². The normalized spacial score (nSPS) is 13.1. The van der Waals surface area contributed by atoms with E-state index in [2.05, 4.69) is 12.0 Å². The van der Waals surface area contributed by atoms with Crippen LogP contribution >= 0.6 is 11.6 Å². The van der Waals surface area contributed by atoms with Crippen molar-refractivity contribution in [2.24, 2.45) is 18.7 Å². The summed E-state index contributed by atoms with van der Waals surface area (Å²) >= 11 is 6.19. The highest BCUT2D eigenvalue weighted by Crippen LogP contribution is 2.23. The third-order valence-corrected chi connectivity index (χ3v) is 3.27. The van der Waals surface area contributed by atoms with E-state index in [1.807, 2.05) is 18.7 Å². The number of aryl methyl sites for hydroxylation is 2. The molecule has 0 saturated heterocycles. The molecule has 0 aliphatic rings. The molecule has 0 spiro atoms. The molecule has 0 amide bonds. The Balaban J connectivity index is 2.78. The van der Waals surface area contributed by atoms with Crippen molar-refractivity contribution in [2.45, 2.75) is 33.1 Å². The molecule has 15 heavy (non-hydrogen) atoms. The minimum absolute atomic E-state index is 0.516. The average molecular weight is 230 g/mol. The third-order valence-electron chi connectivity index (χ3n) is 2.77. The number of rotatable bonds is 5. The summed E-state index contributed by atoms with van der Waals surface area (Å²) < 4.78 is 1.87. The summed E-state index contributed by atoms with van der Waals surface area (Å²) in [4.78, 5) is 0. The molecule has 0 radical (unpaired) electrons. The fourth-order valence-corrected chi connectivity index (χ4v) is 2.12. The molecule has 1 heterocycles. The van der Waals surface area contributed by atoms with Crippen molar-refractivity contribution in [1.29, 1.82) is 0 Å². The predicted octanol–water partition coefficient (Wildman–Crippen LogP) is 2.30. The minimum Gasteiger partial charge on any atom is -0.330 e. The largest absolute Gasteiger partial charge is 0.330 e. The van der Waals surface area contributed by atoms with Crippen molar-refractivity contribution in [3.05, 3.63) is 16.4 Å². The summed E-state index contributed by atoms with van der Waals surface area (Å²) in [7, 11) is 1.94. The Morgan fingerprint density at radius 2 is 2.20 bits per heavy atom. The summed E-state index contributed by atoms with van der Waals surface area (Å²) in [6.07, 6.45) is 3.24. The topological polar surface area (TPSA) is 43.8 Å². The molecule has 2 N–H and O–H groups in total. The second kappa shape index (κ2) is 5.52. The monoisotopic (exact) mass is 229 g/mol. The first kappa shape index (κ1) is 12.5. The Morgan fingerprint density at radius 3 is 2.60 bits per heavy atom. The molecule has 3 nitrogen and oxygen atoms in total. The zero-order chi connectivity index (χ0) is 11.4. The molecule has 0 saturated carbocycles. The average Bonchev–Trinajstić information content (AvgIpc) is 2.44. The summed E-state index contributed by atoms with van der Waals surface area (Å²) in [6, 6.07) is 0. The first-order chi connectivity index (χ1) is 7.10. The number of nitrogens with two attached hydrogens (primary N) is 1. The van der Waals surface area contributed by atoms with Gasteiger partial charge in [0.05, 0.1) is 16.4 Å². The van der Waals surface area contributed by atoms with Crippen LogP contribution in [0.2, 0.25) is 5.02 Å². The van der Waals surface area contributed by atoms with Crippen molar-refractivity contribution >= 4 is 11.6 Å². The lowest BCUT2D eigenvalue weighted by Crippen LogP contribution is -2.18. The molecular weight excluding hydrogens is 210 g/mol. The van der Waals surface area contributed by atoms with Crippen LogP contribution in [0.1, 0.15) is 31.2 Å². The second-order valence-corrected chi connectivity index (χ2v) is 4.44. The molecule has 0 bridgehead atoms. The van der Waals surface area contributed by atoms with Crippen molar-refractivity contribution in [1.82, 2.24) is 9.78 Å². The van der Waals surface area contributed by atoms with Gasteiger partial charge in [0.2, 0.25) is 0 Å². The molecule has 1 rings (SSSR count). The Bertz CT molecular complexity index is 320. The third kappa shape index (κ3) is 2.95. The van der Waals surface area contributed by atoms with Gasteiger partial charge in [0.25, 0.3) is 0 Å². The van der Waals surface area contributed by atoms with Crippen LogP contribution in [0, 0.1) is 12.8 Å². The van der Waals surface area contributed by atoms with Crippen molar-refractivity contribution in [2.75, 3.05) is 6.54 Å². The number of hydrogen-bond donors (Lipinski definition) is 1. The standard InChI is InChI=1S/C11H20ClN3/c1-4-5-9(7-13)6-10-11(12)8(2)14-15(10)3/h9H,4-7,13H2,1-3H3. The van der Waals surface area contributed by atoms with Gasteiger partial charge in [-0.1, -0.05) is 24.9 Å². The van der Waals surface area contributed by atoms with E-state index in [0.717, 1.165) is 35.7 Å². The van der Waals surface area contributed by atoms with Crippen molar-refractivity contribution < 1.29 is 0 Å². The molecule has 1 aromatic rings. The van der Waals surface area contributed by atoms with E-state index in [-0.39, 0.29) is 0 Å². The highest BCUT2D eigenvalue weighted by molar-refractivity contribution is 6.31. The molecule has 1 atom stereocenters. The first-order valence-corrected chi connectivity index (χ1v) is 5.86. The van der Waals surface area contributed by atoms with Crippen LogP contribution in [0.4, 0.5) is 0 Å². The van der Waals surface area contributed by atoms with Crippen molar-refractivity contribution in [3.8, 4) is 0 Å². The predicted molar refractivity (Wildman–Crippen MR) is 64.1 cm³/mol. The fraction of sp³-hybridized carbons (Fsp3) is 0.727. The van der Waals surface area contributed by atoms with Crippen LogP contribution in [0.15, 0.2) is 0 Å². The van der Waals surface area contributed by atoms with Gasteiger partial charge in [0.15, 0.2) is 0 Å². The number of hydrogen-bond acceptors (Lipinski definition) is 2. The molecule has 0 fully saturated rings. The minimum atomic E-state index is 0.516. The molecule has 0 aliphatic carbocycles. The highest BCUT2D eigenvalue weighted by atomic mass is 35.5. The lowest BCUT2D eigenvalue weighted by Gasteiger charge is -2.13. The molecule has 0 aromatic carbocycles. The van der Waals surface area contributed by atoms with Crippen LogP contribution in [-0.4, -0.2) is 16.3 Å². The maximum Gasteiger partial charge on any atom is 0.0847 e. The van der Waals surface area contributed by atoms with E-state index >= 15 is 0 Å². The van der Waals surface area contributed by atoms with Gasteiger partial charge >= 0.3 is 0 Å². The summed E-state index contributed by atoms with van der Waals surface area (Å²) in [5.74, 6) is 0.516. The summed E-state index contributed by atoms with van der Waals surface area (Å²) in [5.41, 5.74) is 7.75. The fourth-order valence-electron chi connectivity index (χ4n) is 1.89. The van der Waals surface area contributed by atoms with Gasteiger partial charge in [-0.3, -0.25) is 4.68 Å². The van der Waals surface area contributed by atoms with Gasteiger partial charge < -0.3 is 5.73 Å². The van der Waals surface area contributed by atoms with Crippen LogP contribution in [-0.2, 0) is 13.5 Å². The lowest BCUT2D eigenvalue weighted by molar-refractivity contribution is 0.472. The van der Waals surface area contributed by atoms with Crippen LogP contribution in [0.3, 0.4) is 0 Å².